The van der Waals surface area contributed by atoms with Crippen LogP contribution in [0.5, 0.6) is 0 Å². The van der Waals surface area contributed by atoms with Crippen LogP contribution in [0.2, 0.25) is 5.02 Å². The topological polar surface area (TPSA) is 95.6 Å². The van der Waals surface area contributed by atoms with Crippen molar-refractivity contribution in [3.05, 3.63) is 77.3 Å². The van der Waals surface area contributed by atoms with Gasteiger partial charge in [-0.15, -0.1) is 0 Å². The molecule has 0 bridgehead atoms. The number of likely N-dealkylation sites (tertiary alicyclic amines) is 1. The van der Waals surface area contributed by atoms with Gasteiger partial charge in [0, 0.05) is 47.2 Å². The van der Waals surface area contributed by atoms with Crippen LogP contribution in [0.1, 0.15) is 25.3 Å². The number of hydrogen-bond acceptors (Lipinski definition) is 4. The molecule has 3 aromatic rings. The van der Waals surface area contributed by atoms with E-state index in [2.05, 4.69) is 10.6 Å². The summed E-state index contributed by atoms with van der Waals surface area (Å²) in [6.07, 6.45) is 1.99. The van der Waals surface area contributed by atoms with Crippen molar-refractivity contribution in [2.75, 3.05) is 23.4 Å². The summed E-state index contributed by atoms with van der Waals surface area (Å²) < 4.78 is 53.9. The molecule has 1 unspecified atom stereocenters. The van der Waals surface area contributed by atoms with Crippen LogP contribution in [0.4, 0.5) is 25.0 Å². The molecule has 0 aliphatic carbocycles. The highest BCUT2D eigenvalue weighted by atomic mass is 35.5. The Kier molecular flexibility index (Phi) is 7.75. The van der Waals surface area contributed by atoms with Gasteiger partial charge in [0.15, 0.2) is 9.84 Å². The number of hydrogen-bond donors (Lipinski definition) is 2. The number of carbonyl (C=O) groups excluding carboxylic acids is 2. The fourth-order valence-electron chi connectivity index (χ4n) is 4.44. The summed E-state index contributed by atoms with van der Waals surface area (Å²) in [5.41, 5.74) is 0.461. The SMILES string of the molecule is CC(F)(F)c1cc(-c2ccccc2S(C)(=O)=O)ccc1NC(=O)C1CCCN1C(=O)Nc1ccc(Cl)cc1. The van der Waals surface area contributed by atoms with Gasteiger partial charge in [-0.3, -0.25) is 4.79 Å². The van der Waals surface area contributed by atoms with Crippen LogP contribution in [-0.2, 0) is 20.6 Å². The molecule has 1 fully saturated rings. The third kappa shape index (κ3) is 6.14. The van der Waals surface area contributed by atoms with E-state index in [1.807, 2.05) is 0 Å². The minimum atomic E-state index is -3.62. The van der Waals surface area contributed by atoms with Crippen LogP contribution in [-0.4, -0.2) is 44.1 Å². The second-order valence-electron chi connectivity index (χ2n) is 9.19. The lowest BCUT2D eigenvalue weighted by Crippen LogP contribution is -2.45. The summed E-state index contributed by atoms with van der Waals surface area (Å²) in [5, 5.41) is 5.79. The Morgan fingerprint density at radius 2 is 1.71 bits per heavy atom. The fraction of sp³-hybridized carbons (Fsp3) is 0.259. The lowest BCUT2D eigenvalue weighted by Gasteiger charge is -2.25. The lowest BCUT2D eigenvalue weighted by atomic mass is 9.98. The van der Waals surface area contributed by atoms with Gasteiger partial charge in [-0.2, -0.15) is 0 Å². The van der Waals surface area contributed by atoms with Crippen LogP contribution in [0.25, 0.3) is 11.1 Å². The molecule has 200 valence electrons. The molecule has 0 spiro atoms. The number of rotatable bonds is 6. The molecule has 11 heteroatoms. The molecule has 3 amide bonds. The van der Waals surface area contributed by atoms with Gasteiger partial charge in [0.1, 0.15) is 6.04 Å². The molecule has 3 aromatic carbocycles. The Bertz CT molecular complexity index is 1470. The second kappa shape index (κ2) is 10.7. The van der Waals surface area contributed by atoms with Crippen molar-refractivity contribution in [3.8, 4) is 11.1 Å². The van der Waals surface area contributed by atoms with Gasteiger partial charge in [-0.05, 0) is 60.9 Å². The first-order chi connectivity index (χ1) is 17.8. The molecule has 38 heavy (non-hydrogen) atoms. The first-order valence-corrected chi connectivity index (χ1v) is 14.1. The van der Waals surface area contributed by atoms with Crippen molar-refractivity contribution >= 4 is 44.8 Å². The normalized spacial score (nSPS) is 15.8. The zero-order valence-electron chi connectivity index (χ0n) is 20.7. The maximum Gasteiger partial charge on any atom is 0.322 e. The predicted molar refractivity (Wildman–Crippen MR) is 143 cm³/mol. The van der Waals surface area contributed by atoms with Gasteiger partial charge in [0.2, 0.25) is 5.91 Å². The maximum absolute atomic E-state index is 14.7. The molecule has 0 radical (unpaired) electrons. The van der Waals surface area contributed by atoms with Crippen molar-refractivity contribution < 1.29 is 26.8 Å². The highest BCUT2D eigenvalue weighted by Gasteiger charge is 2.36. The Morgan fingerprint density at radius 3 is 2.37 bits per heavy atom. The third-order valence-electron chi connectivity index (χ3n) is 6.26. The summed E-state index contributed by atoms with van der Waals surface area (Å²) in [5.74, 6) is -3.94. The molecular weight excluding hydrogens is 536 g/mol. The molecule has 1 heterocycles. The first-order valence-electron chi connectivity index (χ1n) is 11.8. The smallest absolute Gasteiger partial charge is 0.322 e. The number of sulfone groups is 1. The Labute approximate surface area is 224 Å². The minimum absolute atomic E-state index is 0.00968. The van der Waals surface area contributed by atoms with Crippen LogP contribution >= 0.6 is 11.6 Å². The number of alkyl halides is 2. The van der Waals surface area contributed by atoms with Crippen LogP contribution in [0, 0.1) is 0 Å². The highest BCUT2D eigenvalue weighted by molar-refractivity contribution is 7.90. The Morgan fingerprint density at radius 1 is 1.03 bits per heavy atom. The monoisotopic (exact) mass is 561 g/mol. The number of carbonyl (C=O) groups is 2. The van der Waals surface area contributed by atoms with Crippen LogP contribution in [0.3, 0.4) is 0 Å². The summed E-state index contributed by atoms with van der Waals surface area (Å²) >= 11 is 5.88. The average molecular weight is 562 g/mol. The Hall–Kier alpha value is -3.50. The Balaban J connectivity index is 1.59. The summed E-state index contributed by atoms with van der Waals surface area (Å²) in [6.45, 7) is 1.03. The van der Waals surface area contributed by atoms with E-state index in [9.17, 15) is 26.8 Å². The maximum atomic E-state index is 14.7. The van der Waals surface area contributed by atoms with Crippen LogP contribution in [0.15, 0.2) is 71.6 Å². The molecule has 1 aliphatic heterocycles. The van der Waals surface area contributed by atoms with Crippen molar-refractivity contribution in [3.63, 3.8) is 0 Å². The van der Waals surface area contributed by atoms with Gasteiger partial charge in [-0.1, -0.05) is 35.9 Å². The number of benzene rings is 3. The number of halogens is 3. The van der Waals surface area contributed by atoms with E-state index in [1.165, 1.54) is 35.2 Å². The van der Waals surface area contributed by atoms with Gasteiger partial charge >= 0.3 is 6.03 Å². The number of nitrogens with zero attached hydrogens (tertiary/aromatic N) is 1. The van der Waals surface area contributed by atoms with Gasteiger partial charge in [0.25, 0.3) is 5.92 Å². The molecule has 1 atom stereocenters. The summed E-state index contributed by atoms with van der Waals surface area (Å²) in [4.78, 5) is 27.4. The van der Waals surface area contributed by atoms with E-state index in [-0.39, 0.29) is 21.7 Å². The van der Waals surface area contributed by atoms with Crippen molar-refractivity contribution in [2.45, 2.75) is 36.6 Å². The van der Waals surface area contributed by atoms with Gasteiger partial charge in [-0.25, -0.2) is 22.0 Å². The summed E-state index contributed by atoms with van der Waals surface area (Å²) in [6, 6.07) is 15.3. The van der Waals surface area contributed by atoms with Crippen molar-refractivity contribution in [1.29, 1.82) is 0 Å². The van der Waals surface area contributed by atoms with E-state index >= 15 is 0 Å². The quantitative estimate of drug-likeness (QED) is 0.377. The molecule has 1 aliphatic rings. The number of amides is 3. The molecular formula is C27H26ClF2N3O4S. The van der Waals surface area contributed by atoms with E-state index in [0.29, 0.717) is 37.0 Å². The molecule has 2 N–H and O–H groups in total. The standard InChI is InChI=1S/C27H26ClF2N3O4S/c1-27(29,30)21-16-17(20-6-3-4-8-24(20)38(2,36)37)9-14-22(21)32-25(34)23-7-5-15-33(23)26(35)31-19-12-10-18(28)11-13-19/h3-4,6,8-14,16,23H,5,7,15H2,1-2H3,(H,31,35)(H,32,34). The molecule has 0 saturated carbocycles. The largest absolute Gasteiger partial charge is 0.324 e. The average Bonchev–Trinajstić information content (AvgIpc) is 3.35. The lowest BCUT2D eigenvalue weighted by molar-refractivity contribution is -0.119. The molecule has 7 nitrogen and oxygen atoms in total. The number of urea groups is 1. The van der Waals surface area contributed by atoms with E-state index in [4.69, 9.17) is 11.6 Å². The number of nitrogens with one attached hydrogen (secondary N) is 2. The zero-order valence-corrected chi connectivity index (χ0v) is 22.2. The first kappa shape index (κ1) is 27.5. The molecule has 1 saturated heterocycles. The van der Waals surface area contributed by atoms with Gasteiger partial charge < -0.3 is 15.5 Å². The third-order valence-corrected chi connectivity index (χ3v) is 7.67. The molecule has 0 aromatic heterocycles. The second-order valence-corrected chi connectivity index (χ2v) is 11.6. The van der Waals surface area contributed by atoms with E-state index in [1.54, 1.807) is 36.4 Å². The molecule has 4 rings (SSSR count). The summed E-state index contributed by atoms with van der Waals surface area (Å²) in [7, 11) is -3.62. The predicted octanol–water partition coefficient (Wildman–Crippen LogP) is 6.16. The number of anilines is 2. The van der Waals surface area contributed by atoms with Gasteiger partial charge in [0.05, 0.1) is 4.90 Å². The van der Waals surface area contributed by atoms with E-state index < -0.39 is 39.3 Å². The highest BCUT2D eigenvalue weighted by Crippen LogP contribution is 2.38. The van der Waals surface area contributed by atoms with Crippen LogP contribution < -0.4 is 10.6 Å². The fourth-order valence-corrected chi connectivity index (χ4v) is 5.48. The zero-order chi connectivity index (χ0) is 27.7. The minimum Gasteiger partial charge on any atom is -0.324 e. The van der Waals surface area contributed by atoms with Crippen molar-refractivity contribution in [1.82, 2.24) is 4.90 Å². The van der Waals surface area contributed by atoms with E-state index in [0.717, 1.165) is 6.26 Å². The van der Waals surface area contributed by atoms with Crippen molar-refractivity contribution in [2.24, 2.45) is 0 Å².